The van der Waals surface area contributed by atoms with Crippen molar-refractivity contribution in [3.63, 3.8) is 0 Å². The lowest BCUT2D eigenvalue weighted by atomic mass is 9.87. The van der Waals surface area contributed by atoms with E-state index < -0.39 is 11.0 Å². The Labute approximate surface area is 98.2 Å². The molecule has 0 aromatic heterocycles. The summed E-state index contributed by atoms with van der Waals surface area (Å²) in [5.74, 6) is 0. The van der Waals surface area contributed by atoms with Crippen LogP contribution in [-0.4, -0.2) is 41.5 Å². The van der Waals surface area contributed by atoms with E-state index in [2.05, 4.69) is 26.1 Å². The Morgan fingerprint density at radius 3 is 1.93 bits per heavy atom. The van der Waals surface area contributed by atoms with Gasteiger partial charge in [0.05, 0.1) is 11.0 Å². The molecule has 0 amide bonds. The van der Waals surface area contributed by atoms with Crippen molar-refractivity contribution in [2.45, 2.75) is 40.7 Å². The summed E-state index contributed by atoms with van der Waals surface area (Å²) in [5, 5.41) is 3.25. The summed E-state index contributed by atoms with van der Waals surface area (Å²) in [6.45, 7) is 11.4. The van der Waals surface area contributed by atoms with Crippen LogP contribution in [0.15, 0.2) is 0 Å². The van der Waals surface area contributed by atoms with Crippen LogP contribution in [0.4, 0.5) is 0 Å². The largest absolute Gasteiger partial charge is 0.315 e. The third-order valence-electron chi connectivity index (χ3n) is 2.27. The fourth-order valence-corrected chi connectivity index (χ4v) is 1.52. The van der Waals surface area contributed by atoms with E-state index >= 15 is 0 Å². The van der Waals surface area contributed by atoms with Crippen molar-refractivity contribution < 1.29 is 4.21 Å². The molecule has 94 valence electrons. The molecule has 2 unspecified atom stereocenters. The molecule has 0 saturated carbocycles. The highest BCUT2D eigenvalue weighted by molar-refractivity contribution is 7.81. The lowest BCUT2D eigenvalue weighted by molar-refractivity contribution is 0.250. The van der Waals surface area contributed by atoms with E-state index in [1.807, 2.05) is 32.2 Å². The van der Waals surface area contributed by atoms with Crippen LogP contribution in [-0.2, 0) is 11.0 Å². The number of nitrogens with one attached hydrogen (secondary N) is 1. The zero-order chi connectivity index (χ0) is 12.6. The van der Waals surface area contributed by atoms with Crippen LogP contribution in [0.25, 0.3) is 0 Å². The summed E-state index contributed by atoms with van der Waals surface area (Å²) < 4.78 is 13.0. The van der Waals surface area contributed by atoms with Crippen LogP contribution in [0.2, 0.25) is 0 Å². The van der Waals surface area contributed by atoms with Gasteiger partial charge in [-0.3, -0.25) is 0 Å². The molecule has 4 heteroatoms. The van der Waals surface area contributed by atoms with E-state index in [9.17, 15) is 4.21 Å². The molecule has 0 aliphatic rings. The van der Waals surface area contributed by atoms with Crippen LogP contribution < -0.4 is 5.32 Å². The monoisotopic (exact) mass is 236 g/mol. The van der Waals surface area contributed by atoms with Crippen LogP contribution in [0, 0.1) is 5.41 Å². The average Bonchev–Trinajstić information content (AvgIpc) is 2.14. The van der Waals surface area contributed by atoms with Gasteiger partial charge in [-0.05, 0) is 19.5 Å². The molecular weight excluding hydrogens is 208 g/mol. The molecular formula is C11H28N2OS. The highest BCUT2D eigenvalue weighted by Crippen LogP contribution is 2.19. The van der Waals surface area contributed by atoms with Gasteiger partial charge in [0.2, 0.25) is 0 Å². The van der Waals surface area contributed by atoms with Crippen molar-refractivity contribution in [1.29, 1.82) is 0 Å². The molecule has 0 radical (unpaired) electrons. The van der Waals surface area contributed by atoms with Gasteiger partial charge in [-0.2, -0.15) is 0 Å². The van der Waals surface area contributed by atoms with Crippen LogP contribution >= 0.6 is 0 Å². The topological polar surface area (TPSA) is 32.3 Å². The highest BCUT2D eigenvalue weighted by Gasteiger charge is 2.24. The predicted octanol–water partition coefficient (Wildman–Crippen LogP) is 1.87. The SMILES string of the molecule is CC.CNC(CN(C)S(C)=O)C(C)(C)C. The standard InChI is InChI=1S/C9H22N2OS.C2H6/c1-9(2,3)8(10-4)7-11(5)13(6)12;1-2/h8,10H,7H2,1-6H3;1-2H3. The van der Waals surface area contributed by atoms with Crippen LogP contribution in [0.3, 0.4) is 0 Å². The molecule has 0 aliphatic carbocycles. The molecule has 0 bridgehead atoms. The van der Waals surface area contributed by atoms with Gasteiger partial charge in [0, 0.05) is 18.8 Å². The molecule has 0 aromatic rings. The van der Waals surface area contributed by atoms with Gasteiger partial charge in [-0.25, -0.2) is 8.51 Å². The van der Waals surface area contributed by atoms with Crippen molar-refractivity contribution in [3.05, 3.63) is 0 Å². The number of hydrogen-bond donors (Lipinski definition) is 1. The minimum atomic E-state index is -0.874. The van der Waals surface area contributed by atoms with E-state index in [1.165, 1.54) is 0 Å². The maximum atomic E-state index is 11.1. The Morgan fingerprint density at radius 2 is 1.73 bits per heavy atom. The summed E-state index contributed by atoms with van der Waals surface area (Å²) in [4.78, 5) is 0. The maximum absolute atomic E-state index is 11.1. The molecule has 3 nitrogen and oxygen atoms in total. The molecule has 0 rings (SSSR count). The van der Waals surface area contributed by atoms with Gasteiger partial charge < -0.3 is 5.32 Å². The van der Waals surface area contributed by atoms with Gasteiger partial charge in [0.1, 0.15) is 0 Å². The zero-order valence-electron chi connectivity index (χ0n) is 11.5. The molecule has 2 atom stereocenters. The number of likely N-dealkylation sites (N-methyl/N-ethyl adjacent to an activating group) is 2. The Hall–Kier alpha value is 0.0700. The van der Waals surface area contributed by atoms with Gasteiger partial charge >= 0.3 is 0 Å². The van der Waals surface area contributed by atoms with E-state index in [0.717, 1.165) is 6.54 Å². The predicted molar refractivity (Wildman–Crippen MR) is 70.3 cm³/mol. The highest BCUT2D eigenvalue weighted by atomic mass is 32.2. The Bertz CT molecular complexity index is 178. The Balaban J connectivity index is 0. The Morgan fingerprint density at radius 1 is 1.33 bits per heavy atom. The third-order valence-corrected chi connectivity index (χ3v) is 3.30. The van der Waals surface area contributed by atoms with E-state index in [4.69, 9.17) is 0 Å². The fraction of sp³-hybridized carbons (Fsp3) is 1.00. The number of rotatable bonds is 4. The summed E-state index contributed by atoms with van der Waals surface area (Å²) in [6, 6.07) is 0.362. The van der Waals surface area contributed by atoms with Crippen molar-refractivity contribution in [2.75, 3.05) is 26.9 Å². The lowest BCUT2D eigenvalue weighted by Gasteiger charge is -2.32. The molecule has 1 N–H and O–H groups in total. The molecule has 0 aromatic carbocycles. The second-order valence-electron chi connectivity index (χ2n) is 4.44. The summed E-state index contributed by atoms with van der Waals surface area (Å²) in [6.07, 6.45) is 1.70. The first-order valence-corrected chi connectivity index (χ1v) is 7.02. The maximum Gasteiger partial charge on any atom is 0.0908 e. The van der Waals surface area contributed by atoms with E-state index in [0.29, 0.717) is 6.04 Å². The third kappa shape index (κ3) is 7.94. The smallest absolute Gasteiger partial charge is 0.0908 e. The van der Waals surface area contributed by atoms with Crippen molar-refractivity contribution >= 4 is 11.0 Å². The van der Waals surface area contributed by atoms with Crippen molar-refractivity contribution in [1.82, 2.24) is 9.62 Å². The average molecular weight is 236 g/mol. The summed E-state index contributed by atoms with van der Waals surface area (Å²) >= 11 is 0. The van der Waals surface area contributed by atoms with E-state index in [1.54, 1.807) is 6.26 Å². The molecule has 0 fully saturated rings. The molecule has 0 aliphatic heterocycles. The minimum absolute atomic E-state index is 0.197. The normalized spacial score (nSPS) is 15.5. The van der Waals surface area contributed by atoms with E-state index in [-0.39, 0.29) is 5.41 Å². The zero-order valence-corrected chi connectivity index (χ0v) is 12.4. The van der Waals surface area contributed by atoms with Crippen LogP contribution in [0.1, 0.15) is 34.6 Å². The second kappa shape index (κ2) is 8.25. The van der Waals surface area contributed by atoms with Crippen molar-refractivity contribution in [3.8, 4) is 0 Å². The first kappa shape index (κ1) is 17.5. The Kier molecular flexibility index (Phi) is 9.60. The second-order valence-corrected chi connectivity index (χ2v) is 5.91. The number of nitrogens with zero attached hydrogens (tertiary/aromatic N) is 1. The quantitative estimate of drug-likeness (QED) is 0.808. The van der Waals surface area contributed by atoms with Crippen LogP contribution in [0.5, 0.6) is 0 Å². The minimum Gasteiger partial charge on any atom is -0.315 e. The van der Waals surface area contributed by atoms with Gasteiger partial charge in [-0.15, -0.1) is 0 Å². The van der Waals surface area contributed by atoms with Gasteiger partial charge in [0.15, 0.2) is 0 Å². The first-order chi connectivity index (χ1) is 6.79. The molecule has 0 heterocycles. The number of hydrogen-bond acceptors (Lipinski definition) is 2. The molecule has 0 spiro atoms. The van der Waals surface area contributed by atoms with Gasteiger partial charge in [0.25, 0.3) is 0 Å². The first-order valence-electron chi connectivity index (χ1n) is 5.51. The summed E-state index contributed by atoms with van der Waals surface area (Å²) in [7, 11) is 2.95. The summed E-state index contributed by atoms with van der Waals surface area (Å²) in [5.41, 5.74) is 0.197. The molecule has 15 heavy (non-hydrogen) atoms. The lowest BCUT2D eigenvalue weighted by Crippen LogP contribution is -2.46. The fourth-order valence-electron chi connectivity index (χ4n) is 1.16. The van der Waals surface area contributed by atoms with Crippen molar-refractivity contribution in [2.24, 2.45) is 5.41 Å². The van der Waals surface area contributed by atoms with Gasteiger partial charge in [-0.1, -0.05) is 34.6 Å². The molecule has 0 saturated heterocycles.